The molecule has 1 aromatic carbocycles. The average Bonchev–Trinajstić information content (AvgIpc) is 2.72. The first-order valence-corrected chi connectivity index (χ1v) is 8.35. The smallest absolute Gasteiger partial charge is 0.00830 e. The van der Waals surface area contributed by atoms with Gasteiger partial charge in [-0.3, -0.25) is 0 Å². The van der Waals surface area contributed by atoms with Crippen LogP contribution in [0, 0.1) is 18.8 Å². The standard InChI is InChI=1S/C20H30/c1-6-8-14(3)11-17(7-2)20-16(5)13-18-10-9-15(4)12-19(18)20/h9-10,12-14,17,20H,6-8,11H2,1-5H3/t14?,17-,20?/m1/s1. The maximum absolute atomic E-state index is 2.43. The quantitative estimate of drug-likeness (QED) is 0.565. The molecule has 0 saturated heterocycles. The lowest BCUT2D eigenvalue weighted by Crippen LogP contribution is -2.15. The molecule has 0 nitrogen and oxygen atoms in total. The van der Waals surface area contributed by atoms with Gasteiger partial charge in [0, 0.05) is 5.92 Å². The van der Waals surface area contributed by atoms with Crippen LogP contribution < -0.4 is 0 Å². The molecule has 0 heterocycles. The first-order valence-electron chi connectivity index (χ1n) is 8.35. The van der Waals surface area contributed by atoms with Gasteiger partial charge in [0.2, 0.25) is 0 Å². The number of benzene rings is 1. The van der Waals surface area contributed by atoms with E-state index in [9.17, 15) is 0 Å². The molecule has 0 amide bonds. The van der Waals surface area contributed by atoms with Crippen LogP contribution in [0.3, 0.4) is 0 Å². The van der Waals surface area contributed by atoms with Crippen molar-refractivity contribution < 1.29 is 0 Å². The minimum absolute atomic E-state index is 0.661. The second-order valence-electron chi connectivity index (χ2n) is 6.80. The van der Waals surface area contributed by atoms with Crippen LogP contribution in [0.5, 0.6) is 0 Å². The van der Waals surface area contributed by atoms with E-state index in [-0.39, 0.29) is 0 Å². The van der Waals surface area contributed by atoms with Gasteiger partial charge in [0.15, 0.2) is 0 Å². The molecular formula is C20H30. The SMILES string of the molecule is CCCC(C)C[C@@H](CC)C1C(C)=Cc2ccc(C)cc21. The number of aryl methyl sites for hydroxylation is 1. The Bertz CT molecular complexity index is 481. The fourth-order valence-corrected chi connectivity index (χ4v) is 3.97. The third kappa shape index (κ3) is 3.16. The molecule has 0 saturated carbocycles. The second-order valence-corrected chi connectivity index (χ2v) is 6.80. The molecule has 0 aliphatic heterocycles. The molecule has 20 heavy (non-hydrogen) atoms. The summed E-state index contributed by atoms with van der Waals surface area (Å²) in [5, 5.41) is 0. The van der Waals surface area contributed by atoms with Crippen LogP contribution in [-0.4, -0.2) is 0 Å². The highest BCUT2D eigenvalue weighted by atomic mass is 14.3. The number of fused-ring (bicyclic) bond motifs is 1. The number of rotatable bonds is 6. The van der Waals surface area contributed by atoms with Gasteiger partial charge >= 0.3 is 0 Å². The Labute approximate surface area is 125 Å². The zero-order chi connectivity index (χ0) is 14.7. The van der Waals surface area contributed by atoms with Crippen molar-refractivity contribution in [1.82, 2.24) is 0 Å². The molecule has 2 rings (SSSR count). The van der Waals surface area contributed by atoms with Gasteiger partial charge in [-0.25, -0.2) is 0 Å². The minimum Gasteiger partial charge on any atom is -0.0654 e. The molecule has 0 radical (unpaired) electrons. The third-order valence-corrected chi connectivity index (χ3v) is 4.93. The fraction of sp³-hybridized carbons (Fsp3) is 0.600. The summed E-state index contributed by atoms with van der Waals surface area (Å²) in [4.78, 5) is 0. The van der Waals surface area contributed by atoms with Crippen LogP contribution in [0.15, 0.2) is 23.8 Å². The van der Waals surface area contributed by atoms with Gasteiger partial charge in [-0.1, -0.05) is 75.4 Å². The van der Waals surface area contributed by atoms with Gasteiger partial charge in [0.05, 0.1) is 0 Å². The van der Waals surface area contributed by atoms with Crippen LogP contribution in [0.1, 0.15) is 76.0 Å². The zero-order valence-corrected chi connectivity index (χ0v) is 13.9. The van der Waals surface area contributed by atoms with Crippen LogP contribution >= 0.6 is 0 Å². The summed E-state index contributed by atoms with van der Waals surface area (Å²) in [5.74, 6) is 2.32. The Morgan fingerprint density at radius 2 is 1.90 bits per heavy atom. The topological polar surface area (TPSA) is 0 Å². The van der Waals surface area contributed by atoms with Crippen LogP contribution in [0.25, 0.3) is 6.08 Å². The minimum atomic E-state index is 0.661. The largest absolute Gasteiger partial charge is 0.0654 e. The molecule has 0 aromatic heterocycles. The Balaban J connectivity index is 2.23. The molecule has 0 fully saturated rings. The van der Waals surface area contributed by atoms with Gasteiger partial charge in [-0.15, -0.1) is 0 Å². The van der Waals surface area contributed by atoms with Crippen molar-refractivity contribution in [3.8, 4) is 0 Å². The summed E-state index contributed by atoms with van der Waals surface area (Å²) in [7, 11) is 0. The molecular weight excluding hydrogens is 240 g/mol. The van der Waals surface area contributed by atoms with Crippen molar-refractivity contribution in [1.29, 1.82) is 0 Å². The fourth-order valence-electron chi connectivity index (χ4n) is 3.97. The van der Waals surface area contributed by atoms with E-state index in [0.717, 1.165) is 11.8 Å². The Morgan fingerprint density at radius 3 is 2.55 bits per heavy atom. The zero-order valence-electron chi connectivity index (χ0n) is 13.9. The van der Waals surface area contributed by atoms with E-state index in [1.807, 2.05) is 0 Å². The van der Waals surface area contributed by atoms with E-state index >= 15 is 0 Å². The van der Waals surface area contributed by atoms with Gasteiger partial charge in [-0.05, 0) is 43.2 Å². The van der Waals surface area contributed by atoms with Crippen LogP contribution in [-0.2, 0) is 0 Å². The van der Waals surface area contributed by atoms with Crippen LogP contribution in [0.4, 0.5) is 0 Å². The molecule has 110 valence electrons. The second kappa shape index (κ2) is 6.61. The van der Waals surface area contributed by atoms with Gasteiger partial charge in [-0.2, -0.15) is 0 Å². The first-order chi connectivity index (χ1) is 9.56. The van der Waals surface area contributed by atoms with E-state index < -0.39 is 0 Å². The lowest BCUT2D eigenvalue weighted by atomic mass is 9.77. The molecule has 3 atom stereocenters. The van der Waals surface area contributed by atoms with Crippen LogP contribution in [0.2, 0.25) is 0 Å². The Hall–Kier alpha value is -1.04. The van der Waals surface area contributed by atoms with E-state index in [4.69, 9.17) is 0 Å². The van der Waals surface area contributed by atoms with Gasteiger partial charge in [0.1, 0.15) is 0 Å². The predicted octanol–water partition coefficient (Wildman–Crippen LogP) is 6.35. The maximum Gasteiger partial charge on any atom is 0.00830 e. The summed E-state index contributed by atoms with van der Waals surface area (Å²) in [6, 6.07) is 6.96. The van der Waals surface area contributed by atoms with Crippen molar-refractivity contribution in [3.05, 3.63) is 40.5 Å². The summed E-state index contributed by atoms with van der Waals surface area (Å²) in [6.07, 6.45) is 7.75. The van der Waals surface area contributed by atoms with Crippen molar-refractivity contribution in [2.75, 3.05) is 0 Å². The van der Waals surface area contributed by atoms with Crippen molar-refractivity contribution >= 4 is 6.08 Å². The molecule has 1 aliphatic rings. The Morgan fingerprint density at radius 1 is 1.15 bits per heavy atom. The van der Waals surface area contributed by atoms with Crippen molar-refractivity contribution in [3.63, 3.8) is 0 Å². The highest BCUT2D eigenvalue weighted by Gasteiger charge is 2.29. The van der Waals surface area contributed by atoms with E-state index in [2.05, 4.69) is 58.9 Å². The normalized spacial score (nSPS) is 20.4. The summed E-state index contributed by atoms with van der Waals surface area (Å²) in [5.41, 5.74) is 6.01. The average molecular weight is 270 g/mol. The predicted molar refractivity (Wildman–Crippen MR) is 90.0 cm³/mol. The van der Waals surface area contributed by atoms with Crippen molar-refractivity contribution in [2.45, 2.75) is 66.2 Å². The molecule has 0 spiro atoms. The number of hydrogen-bond acceptors (Lipinski definition) is 0. The highest BCUT2D eigenvalue weighted by Crippen LogP contribution is 2.44. The molecule has 0 heteroatoms. The summed E-state index contributed by atoms with van der Waals surface area (Å²) in [6.45, 7) is 11.6. The first kappa shape index (κ1) is 15.4. The summed E-state index contributed by atoms with van der Waals surface area (Å²) >= 11 is 0. The van der Waals surface area contributed by atoms with Crippen molar-refractivity contribution in [2.24, 2.45) is 11.8 Å². The molecule has 0 bridgehead atoms. The monoisotopic (exact) mass is 270 g/mol. The number of allylic oxidation sites excluding steroid dienone is 1. The highest BCUT2D eigenvalue weighted by molar-refractivity contribution is 5.66. The lowest BCUT2D eigenvalue weighted by Gasteiger charge is -2.28. The van der Waals surface area contributed by atoms with Gasteiger partial charge in [0.25, 0.3) is 0 Å². The summed E-state index contributed by atoms with van der Waals surface area (Å²) < 4.78 is 0. The van der Waals surface area contributed by atoms with Gasteiger partial charge < -0.3 is 0 Å². The van der Waals surface area contributed by atoms with E-state index in [1.165, 1.54) is 36.8 Å². The number of hydrogen-bond donors (Lipinski definition) is 0. The van der Waals surface area contributed by atoms with E-state index in [0.29, 0.717) is 5.92 Å². The Kier molecular flexibility index (Phi) is 5.07. The molecule has 1 aromatic rings. The maximum atomic E-state index is 2.43. The third-order valence-electron chi connectivity index (χ3n) is 4.93. The van der Waals surface area contributed by atoms with E-state index in [1.54, 1.807) is 11.1 Å². The molecule has 2 unspecified atom stereocenters. The molecule has 0 N–H and O–H groups in total. The lowest BCUT2D eigenvalue weighted by molar-refractivity contribution is 0.335. The molecule has 1 aliphatic carbocycles.